The van der Waals surface area contributed by atoms with Gasteiger partial charge in [-0.2, -0.15) is 21.6 Å². The van der Waals surface area contributed by atoms with Crippen molar-refractivity contribution in [3.8, 4) is 0 Å². The Labute approximate surface area is 175 Å². The fraction of sp³-hybridized carbons (Fsp3) is 0.762. The van der Waals surface area contributed by atoms with Crippen molar-refractivity contribution in [1.82, 2.24) is 4.90 Å². The molecule has 168 valence electrons. The quantitative estimate of drug-likeness (QED) is 0.355. The number of hydrogen-bond acceptors (Lipinski definition) is 4. The molecular formula is C21H28F3NO4S. The molecule has 1 amide bonds. The highest BCUT2D eigenvalue weighted by atomic mass is 32.2. The van der Waals surface area contributed by atoms with Crippen LogP contribution in [-0.4, -0.2) is 36.8 Å². The standard InChI is InChI=1S/C21H28F3NO4S/c1-13-6-10-20(3)16-7-9-19(2)15(14(16)8-11-25(20)18(26)12-13)4-5-17(19)29-30(27,28)21(22,23)24/h5-6,14-16H,4,7-12H2,1-3H3. The molecule has 0 N–H and O–H groups in total. The molecule has 2 heterocycles. The number of amides is 1. The molecule has 5 atom stereocenters. The van der Waals surface area contributed by atoms with Gasteiger partial charge in [-0.1, -0.05) is 18.6 Å². The second-order valence-electron chi connectivity index (χ2n) is 9.74. The van der Waals surface area contributed by atoms with Crippen molar-refractivity contribution in [2.75, 3.05) is 6.54 Å². The third-order valence-corrected chi connectivity index (χ3v) is 9.09. The van der Waals surface area contributed by atoms with Gasteiger partial charge in [-0.3, -0.25) is 4.79 Å². The number of carbonyl (C=O) groups is 1. The van der Waals surface area contributed by atoms with E-state index >= 15 is 0 Å². The van der Waals surface area contributed by atoms with Crippen molar-refractivity contribution < 1.29 is 30.6 Å². The fourth-order valence-corrected chi connectivity index (χ4v) is 7.07. The SMILES string of the molecule is CC1=CCC2(C)C3CCC4(C)C(OS(=O)(=O)C(F)(F)F)=CCC4C3CCN2C(=O)C1. The highest BCUT2D eigenvalue weighted by Crippen LogP contribution is 2.62. The molecule has 0 radical (unpaired) electrons. The summed E-state index contributed by atoms with van der Waals surface area (Å²) < 4.78 is 66.4. The lowest BCUT2D eigenvalue weighted by molar-refractivity contribution is -0.150. The van der Waals surface area contributed by atoms with Crippen molar-refractivity contribution in [3.05, 3.63) is 23.5 Å². The molecule has 0 aromatic heterocycles. The van der Waals surface area contributed by atoms with Gasteiger partial charge in [-0.25, -0.2) is 0 Å². The first-order valence-corrected chi connectivity index (χ1v) is 11.9. The van der Waals surface area contributed by atoms with Gasteiger partial charge in [0.15, 0.2) is 0 Å². The minimum atomic E-state index is -5.68. The number of nitrogens with zero attached hydrogens (tertiary/aromatic N) is 1. The van der Waals surface area contributed by atoms with Gasteiger partial charge in [0.2, 0.25) is 5.91 Å². The molecule has 0 aromatic carbocycles. The van der Waals surface area contributed by atoms with Crippen LogP contribution in [0.1, 0.15) is 59.3 Å². The predicted molar refractivity (Wildman–Crippen MR) is 104 cm³/mol. The van der Waals surface area contributed by atoms with Gasteiger partial charge in [-0.05, 0) is 69.8 Å². The summed E-state index contributed by atoms with van der Waals surface area (Å²) in [6, 6.07) is 0. The third kappa shape index (κ3) is 3.10. The van der Waals surface area contributed by atoms with E-state index in [9.17, 15) is 26.4 Å². The van der Waals surface area contributed by atoms with Crippen LogP contribution in [0.15, 0.2) is 23.5 Å². The first-order valence-electron chi connectivity index (χ1n) is 10.5. The van der Waals surface area contributed by atoms with Crippen LogP contribution in [-0.2, 0) is 19.1 Å². The minimum absolute atomic E-state index is 0.0112. The number of allylic oxidation sites excluding steroid dienone is 2. The van der Waals surface area contributed by atoms with E-state index in [0.717, 1.165) is 24.8 Å². The zero-order valence-corrected chi connectivity index (χ0v) is 18.3. The summed E-state index contributed by atoms with van der Waals surface area (Å²) in [5.41, 5.74) is -5.42. The zero-order valence-electron chi connectivity index (χ0n) is 17.5. The summed E-state index contributed by atoms with van der Waals surface area (Å²) >= 11 is 0. The Morgan fingerprint density at radius 2 is 1.87 bits per heavy atom. The van der Waals surface area contributed by atoms with Gasteiger partial charge in [0.1, 0.15) is 5.76 Å². The molecule has 1 saturated heterocycles. The first kappa shape index (κ1) is 21.7. The van der Waals surface area contributed by atoms with Crippen LogP contribution in [0.4, 0.5) is 13.2 Å². The Hall–Kier alpha value is -1.51. The van der Waals surface area contributed by atoms with Crippen LogP contribution in [0.25, 0.3) is 0 Å². The molecule has 4 rings (SSSR count). The van der Waals surface area contributed by atoms with E-state index in [4.69, 9.17) is 0 Å². The van der Waals surface area contributed by atoms with Crippen LogP contribution in [0.2, 0.25) is 0 Å². The highest BCUT2D eigenvalue weighted by molar-refractivity contribution is 7.87. The van der Waals surface area contributed by atoms with Crippen LogP contribution in [0.5, 0.6) is 0 Å². The van der Waals surface area contributed by atoms with E-state index in [2.05, 4.69) is 17.2 Å². The number of hydrogen-bond donors (Lipinski definition) is 0. The van der Waals surface area contributed by atoms with Gasteiger partial charge >= 0.3 is 15.6 Å². The summed E-state index contributed by atoms with van der Waals surface area (Å²) in [5, 5.41) is 0. The summed E-state index contributed by atoms with van der Waals surface area (Å²) in [5.74, 6) is 0.513. The molecule has 2 fully saturated rings. The Morgan fingerprint density at radius 1 is 1.17 bits per heavy atom. The average Bonchev–Trinajstić information content (AvgIpc) is 2.89. The van der Waals surface area contributed by atoms with E-state index in [1.54, 1.807) is 0 Å². The molecule has 2 aliphatic heterocycles. The molecule has 0 bridgehead atoms. The maximum absolute atomic E-state index is 12.9. The summed E-state index contributed by atoms with van der Waals surface area (Å²) in [6.45, 7) is 6.56. The van der Waals surface area contributed by atoms with Gasteiger partial charge in [0.25, 0.3) is 0 Å². The Morgan fingerprint density at radius 3 is 2.53 bits per heavy atom. The number of fused-ring (bicyclic) bond motifs is 5. The zero-order chi connectivity index (χ0) is 22.1. The molecule has 2 aliphatic carbocycles. The minimum Gasteiger partial charge on any atom is -0.380 e. The van der Waals surface area contributed by atoms with Crippen LogP contribution < -0.4 is 0 Å². The van der Waals surface area contributed by atoms with Crippen molar-refractivity contribution in [3.63, 3.8) is 0 Å². The normalized spacial score (nSPS) is 39.3. The topological polar surface area (TPSA) is 63.7 Å². The lowest BCUT2D eigenvalue weighted by Gasteiger charge is -2.59. The third-order valence-electron chi connectivity index (χ3n) is 8.13. The number of halogens is 3. The van der Waals surface area contributed by atoms with Crippen LogP contribution in [0, 0.1) is 23.2 Å². The largest absolute Gasteiger partial charge is 0.534 e. The first-order chi connectivity index (χ1) is 13.8. The lowest BCUT2D eigenvalue weighted by Crippen LogP contribution is -2.62. The maximum atomic E-state index is 12.9. The van der Waals surface area contributed by atoms with Crippen molar-refractivity contribution in [2.24, 2.45) is 23.2 Å². The molecule has 0 aromatic rings. The highest BCUT2D eigenvalue weighted by Gasteiger charge is 2.60. The van der Waals surface area contributed by atoms with Gasteiger partial charge < -0.3 is 9.08 Å². The van der Waals surface area contributed by atoms with Gasteiger partial charge in [-0.15, -0.1) is 0 Å². The van der Waals surface area contributed by atoms with Crippen molar-refractivity contribution in [1.29, 1.82) is 0 Å². The maximum Gasteiger partial charge on any atom is 0.534 e. The molecule has 9 heteroatoms. The predicted octanol–water partition coefficient (Wildman–Crippen LogP) is 4.52. The average molecular weight is 448 g/mol. The van der Waals surface area contributed by atoms with Crippen molar-refractivity contribution in [2.45, 2.75) is 70.3 Å². The monoisotopic (exact) mass is 447 g/mol. The molecule has 5 unspecified atom stereocenters. The number of alkyl halides is 3. The van der Waals surface area contributed by atoms with E-state index in [-0.39, 0.29) is 35.0 Å². The van der Waals surface area contributed by atoms with Gasteiger partial charge in [0, 0.05) is 23.9 Å². The van der Waals surface area contributed by atoms with E-state index in [0.29, 0.717) is 25.8 Å². The lowest BCUT2D eigenvalue weighted by atomic mass is 9.53. The fourth-order valence-electron chi connectivity index (χ4n) is 6.48. The van der Waals surface area contributed by atoms with Crippen LogP contribution in [0.3, 0.4) is 0 Å². The molecule has 0 spiro atoms. The number of rotatable bonds is 2. The summed E-state index contributed by atoms with van der Waals surface area (Å²) in [4.78, 5) is 14.8. The summed E-state index contributed by atoms with van der Waals surface area (Å²) in [6.07, 6.45) is 7.42. The Balaban J connectivity index is 1.61. The van der Waals surface area contributed by atoms with E-state index in [1.165, 1.54) is 6.08 Å². The van der Waals surface area contributed by atoms with E-state index < -0.39 is 21.0 Å². The summed E-state index contributed by atoms with van der Waals surface area (Å²) in [7, 11) is -5.68. The number of carbonyl (C=O) groups excluding carboxylic acids is 1. The molecular weight excluding hydrogens is 419 g/mol. The Bertz CT molecular complexity index is 925. The van der Waals surface area contributed by atoms with Crippen molar-refractivity contribution >= 4 is 16.0 Å². The second kappa shape index (κ2) is 6.74. The Kier molecular flexibility index (Phi) is 4.88. The number of piperidine rings is 1. The smallest absolute Gasteiger partial charge is 0.380 e. The molecule has 5 nitrogen and oxygen atoms in total. The molecule has 1 saturated carbocycles. The second-order valence-corrected chi connectivity index (χ2v) is 11.3. The molecule has 30 heavy (non-hydrogen) atoms. The molecule has 4 aliphatic rings. The van der Waals surface area contributed by atoms with Crippen LogP contribution >= 0.6 is 0 Å². The van der Waals surface area contributed by atoms with Gasteiger partial charge in [0.05, 0.1) is 0 Å². The van der Waals surface area contributed by atoms with E-state index in [1.807, 2.05) is 18.7 Å².